The first-order valence-corrected chi connectivity index (χ1v) is 11.2. The average Bonchev–Trinajstić information content (AvgIpc) is 3.31. The van der Waals surface area contributed by atoms with Gasteiger partial charge in [-0.15, -0.1) is 0 Å². The maximum Gasteiger partial charge on any atom is 0.315 e. The van der Waals surface area contributed by atoms with E-state index < -0.39 is 6.03 Å². The van der Waals surface area contributed by atoms with Crippen molar-refractivity contribution in [3.05, 3.63) is 59.7 Å². The Labute approximate surface area is 194 Å². The number of nitrogens with two attached hydrogens (primary N) is 1. The van der Waals surface area contributed by atoms with Gasteiger partial charge in [0.2, 0.25) is 0 Å². The zero-order valence-electron chi connectivity index (χ0n) is 19.1. The van der Waals surface area contributed by atoms with Crippen LogP contribution in [0.3, 0.4) is 0 Å². The van der Waals surface area contributed by atoms with Gasteiger partial charge < -0.3 is 21.7 Å². The van der Waals surface area contributed by atoms with Crippen molar-refractivity contribution in [1.29, 1.82) is 0 Å². The molecule has 0 aromatic heterocycles. The zero-order valence-corrected chi connectivity index (χ0v) is 19.1. The highest BCUT2D eigenvalue weighted by atomic mass is 16.2. The number of hydrogen-bond donors (Lipinski definition) is 4. The second kappa shape index (κ2) is 11.2. The first-order valence-electron chi connectivity index (χ1n) is 11.2. The fourth-order valence-corrected chi connectivity index (χ4v) is 3.47. The molecular weight excluding hydrogens is 420 g/mol. The maximum absolute atomic E-state index is 12.8. The summed E-state index contributed by atoms with van der Waals surface area (Å²) in [5, 5.41) is 11.7. The molecule has 0 aliphatic carbocycles. The van der Waals surface area contributed by atoms with E-state index in [-0.39, 0.29) is 18.4 Å². The number of nitrogen functional groups attached to an aromatic ring is 1. The first kappa shape index (κ1) is 23.9. The van der Waals surface area contributed by atoms with E-state index >= 15 is 0 Å². The van der Waals surface area contributed by atoms with Crippen LogP contribution in [-0.2, 0) is 11.3 Å². The van der Waals surface area contributed by atoms with E-state index in [1.54, 1.807) is 29.3 Å². The lowest BCUT2D eigenvalue weighted by atomic mass is 10.1. The van der Waals surface area contributed by atoms with Crippen LogP contribution in [0.4, 0.5) is 16.2 Å². The maximum atomic E-state index is 12.8. The van der Waals surface area contributed by atoms with Crippen LogP contribution in [0.1, 0.15) is 36.2 Å². The molecule has 5 N–H and O–H groups in total. The average molecular weight is 453 g/mol. The van der Waals surface area contributed by atoms with Crippen molar-refractivity contribution in [1.82, 2.24) is 21.0 Å². The minimum Gasteiger partial charge on any atom is -0.399 e. The molecule has 1 fully saturated rings. The van der Waals surface area contributed by atoms with E-state index in [1.165, 1.54) is 0 Å². The summed E-state index contributed by atoms with van der Waals surface area (Å²) in [4.78, 5) is 37.3. The van der Waals surface area contributed by atoms with Crippen LogP contribution in [0.5, 0.6) is 0 Å². The highest BCUT2D eigenvalue weighted by Crippen LogP contribution is 2.23. The molecule has 1 heterocycles. The smallest absolute Gasteiger partial charge is 0.315 e. The largest absolute Gasteiger partial charge is 0.399 e. The first-order chi connectivity index (χ1) is 15.8. The molecule has 1 saturated heterocycles. The van der Waals surface area contributed by atoms with E-state index in [9.17, 15) is 14.4 Å². The molecule has 0 spiro atoms. The van der Waals surface area contributed by atoms with Gasteiger partial charge in [0, 0.05) is 37.4 Å². The molecule has 176 valence electrons. The molecule has 4 amide bonds. The summed E-state index contributed by atoms with van der Waals surface area (Å²) < 4.78 is 0. The minimum atomic E-state index is -0.422. The van der Waals surface area contributed by atoms with Gasteiger partial charge in [0.05, 0.1) is 5.69 Å². The summed E-state index contributed by atoms with van der Waals surface area (Å²) in [6.45, 7) is 6.10. The molecule has 33 heavy (non-hydrogen) atoms. The number of hydrazine groups is 1. The van der Waals surface area contributed by atoms with Gasteiger partial charge in [0.1, 0.15) is 6.54 Å². The molecule has 2 aromatic rings. The van der Waals surface area contributed by atoms with Crippen molar-refractivity contribution in [3.63, 3.8) is 0 Å². The predicted molar refractivity (Wildman–Crippen MR) is 128 cm³/mol. The topological polar surface area (TPSA) is 120 Å². The molecule has 0 atom stereocenters. The van der Waals surface area contributed by atoms with Gasteiger partial charge in [-0.1, -0.05) is 32.0 Å². The standard InChI is InChI=1S/C24H32N6O3/c1-17(2)14-26-23(32)19-5-3-6-21(13-19)29-11-4-12-30(29)22(31)16-28-24(33)27-15-18-7-9-20(25)10-8-18/h3,5-10,13,17H,4,11-12,14-16,25H2,1-2H3,(H,26,32)(H2,27,28,33). The Morgan fingerprint density at radius 1 is 1.00 bits per heavy atom. The van der Waals surface area contributed by atoms with Gasteiger partial charge in [0.15, 0.2) is 0 Å². The molecule has 1 aliphatic heterocycles. The minimum absolute atomic E-state index is 0.126. The summed E-state index contributed by atoms with van der Waals surface area (Å²) in [5.41, 5.74) is 8.55. The van der Waals surface area contributed by atoms with Crippen LogP contribution < -0.4 is 26.7 Å². The normalized spacial score (nSPS) is 13.2. The van der Waals surface area contributed by atoms with Crippen molar-refractivity contribution < 1.29 is 14.4 Å². The van der Waals surface area contributed by atoms with Crippen molar-refractivity contribution >= 4 is 29.2 Å². The Balaban J connectivity index is 1.53. The number of carbonyl (C=O) groups is 3. The van der Waals surface area contributed by atoms with E-state index in [0.29, 0.717) is 43.3 Å². The Bertz CT molecular complexity index is 976. The highest BCUT2D eigenvalue weighted by Gasteiger charge is 2.27. The van der Waals surface area contributed by atoms with Gasteiger partial charge in [-0.2, -0.15) is 0 Å². The molecular formula is C24H32N6O3. The van der Waals surface area contributed by atoms with Crippen molar-refractivity contribution in [2.45, 2.75) is 26.8 Å². The summed E-state index contributed by atoms with van der Waals surface area (Å²) in [6, 6.07) is 14.0. The second-order valence-corrected chi connectivity index (χ2v) is 8.43. The molecule has 0 unspecified atom stereocenters. The number of amides is 4. The Hall–Kier alpha value is -3.75. The van der Waals surface area contributed by atoms with Crippen LogP contribution in [0, 0.1) is 5.92 Å². The summed E-state index contributed by atoms with van der Waals surface area (Å²) in [6.07, 6.45) is 0.804. The lowest BCUT2D eigenvalue weighted by molar-refractivity contribution is -0.129. The quantitative estimate of drug-likeness (QED) is 0.457. The van der Waals surface area contributed by atoms with Crippen LogP contribution in [-0.4, -0.2) is 49.0 Å². The van der Waals surface area contributed by atoms with E-state index in [4.69, 9.17) is 5.73 Å². The van der Waals surface area contributed by atoms with Crippen molar-refractivity contribution in [2.75, 3.05) is 36.9 Å². The summed E-state index contributed by atoms with van der Waals surface area (Å²) in [7, 11) is 0. The van der Waals surface area contributed by atoms with Gasteiger partial charge >= 0.3 is 6.03 Å². The van der Waals surface area contributed by atoms with E-state index in [1.807, 2.05) is 43.1 Å². The van der Waals surface area contributed by atoms with Gasteiger partial charge in [-0.3, -0.25) is 19.6 Å². The van der Waals surface area contributed by atoms with Crippen LogP contribution in [0.2, 0.25) is 0 Å². The fourth-order valence-electron chi connectivity index (χ4n) is 3.47. The lowest BCUT2D eigenvalue weighted by Crippen LogP contribution is -2.48. The molecule has 0 saturated carbocycles. The molecule has 9 heteroatoms. The number of nitrogens with one attached hydrogen (secondary N) is 3. The fraction of sp³-hybridized carbons (Fsp3) is 0.375. The summed E-state index contributed by atoms with van der Waals surface area (Å²) in [5.74, 6) is 0.00637. The number of benzene rings is 2. The number of carbonyl (C=O) groups excluding carboxylic acids is 3. The lowest BCUT2D eigenvalue weighted by Gasteiger charge is -2.30. The van der Waals surface area contributed by atoms with Crippen molar-refractivity contribution in [2.24, 2.45) is 5.92 Å². The third-order valence-corrected chi connectivity index (χ3v) is 5.23. The van der Waals surface area contributed by atoms with Gasteiger partial charge in [0.25, 0.3) is 11.8 Å². The Morgan fingerprint density at radius 3 is 2.48 bits per heavy atom. The number of hydrogen-bond acceptors (Lipinski definition) is 5. The molecule has 3 rings (SSSR count). The number of anilines is 2. The third-order valence-electron chi connectivity index (χ3n) is 5.23. The third kappa shape index (κ3) is 6.86. The second-order valence-electron chi connectivity index (χ2n) is 8.43. The monoisotopic (exact) mass is 452 g/mol. The van der Waals surface area contributed by atoms with Crippen LogP contribution in [0.25, 0.3) is 0 Å². The van der Waals surface area contributed by atoms with Crippen molar-refractivity contribution in [3.8, 4) is 0 Å². The number of rotatable bonds is 8. The zero-order chi connectivity index (χ0) is 23.8. The summed E-state index contributed by atoms with van der Waals surface area (Å²) >= 11 is 0. The molecule has 2 aromatic carbocycles. The highest BCUT2D eigenvalue weighted by molar-refractivity contribution is 5.95. The Morgan fingerprint density at radius 2 is 1.76 bits per heavy atom. The molecule has 0 radical (unpaired) electrons. The molecule has 9 nitrogen and oxygen atoms in total. The number of urea groups is 1. The number of nitrogens with zero attached hydrogens (tertiary/aromatic N) is 2. The van der Waals surface area contributed by atoms with Crippen LogP contribution >= 0.6 is 0 Å². The predicted octanol–water partition coefficient (Wildman–Crippen LogP) is 2.11. The van der Waals surface area contributed by atoms with Gasteiger partial charge in [-0.05, 0) is 48.2 Å². The van der Waals surface area contributed by atoms with E-state index in [2.05, 4.69) is 16.0 Å². The van der Waals surface area contributed by atoms with Crippen LogP contribution in [0.15, 0.2) is 48.5 Å². The molecule has 1 aliphatic rings. The molecule has 0 bridgehead atoms. The SMILES string of the molecule is CC(C)CNC(=O)c1cccc(N2CCCN2C(=O)CNC(=O)NCc2ccc(N)cc2)c1. The Kier molecular flexibility index (Phi) is 8.12. The van der Waals surface area contributed by atoms with E-state index in [0.717, 1.165) is 17.7 Å². The van der Waals surface area contributed by atoms with Gasteiger partial charge in [-0.25, -0.2) is 4.79 Å².